The lowest BCUT2D eigenvalue weighted by molar-refractivity contribution is 0.0738. The van der Waals surface area contributed by atoms with Crippen molar-refractivity contribution in [1.29, 1.82) is 0 Å². The van der Waals surface area contributed by atoms with Crippen molar-refractivity contribution in [3.8, 4) is 0 Å². The molecule has 0 aliphatic carbocycles. The van der Waals surface area contributed by atoms with E-state index in [1.807, 2.05) is 29.2 Å². The second kappa shape index (κ2) is 4.89. The first-order chi connectivity index (χ1) is 9.22. The van der Waals surface area contributed by atoms with Gasteiger partial charge in [-0.25, -0.2) is 0 Å². The smallest absolute Gasteiger partial charge is 0.258 e. The highest BCUT2D eigenvalue weighted by molar-refractivity contribution is 6.18. The summed E-state index contributed by atoms with van der Waals surface area (Å²) >= 11 is 6.00. The Morgan fingerprint density at radius 2 is 2.26 bits per heavy atom. The van der Waals surface area contributed by atoms with E-state index in [1.165, 1.54) is 0 Å². The van der Waals surface area contributed by atoms with Gasteiger partial charge in [-0.05, 0) is 18.4 Å². The van der Waals surface area contributed by atoms with Crippen LogP contribution in [0.1, 0.15) is 23.7 Å². The highest BCUT2D eigenvalue weighted by atomic mass is 35.5. The molecule has 1 aliphatic heterocycles. The Morgan fingerprint density at radius 3 is 3.05 bits per heavy atom. The Bertz CT molecular complexity index is 607. The zero-order chi connectivity index (χ0) is 13.4. The normalized spacial score (nSPS) is 23.2. The van der Waals surface area contributed by atoms with Gasteiger partial charge < -0.3 is 9.32 Å². The van der Waals surface area contributed by atoms with Gasteiger partial charge in [0.05, 0.1) is 5.56 Å². The van der Waals surface area contributed by atoms with E-state index in [2.05, 4.69) is 6.92 Å². The molecule has 1 aliphatic rings. The molecule has 0 saturated carbocycles. The molecule has 0 N–H and O–H groups in total. The lowest BCUT2D eigenvalue weighted by Crippen LogP contribution is -2.38. The summed E-state index contributed by atoms with van der Waals surface area (Å²) in [7, 11) is 0. The molecule has 4 heteroatoms. The summed E-state index contributed by atoms with van der Waals surface area (Å²) in [6, 6.07) is 7.74. The van der Waals surface area contributed by atoms with Gasteiger partial charge in [-0.15, -0.1) is 11.6 Å². The second-order valence-corrected chi connectivity index (χ2v) is 5.44. The molecule has 0 spiro atoms. The van der Waals surface area contributed by atoms with Crippen LogP contribution < -0.4 is 0 Å². The fourth-order valence-corrected chi connectivity index (χ4v) is 3.26. The molecule has 0 bridgehead atoms. The summed E-state index contributed by atoms with van der Waals surface area (Å²) in [5, 5.41) is 0.875. The average Bonchev–Trinajstić information content (AvgIpc) is 3.01. The lowest BCUT2D eigenvalue weighted by Gasteiger charge is -2.24. The average molecular weight is 278 g/mol. The Labute approximate surface area is 117 Å². The monoisotopic (exact) mass is 277 g/mol. The van der Waals surface area contributed by atoms with E-state index in [9.17, 15) is 4.79 Å². The van der Waals surface area contributed by atoms with Gasteiger partial charge in [0.1, 0.15) is 11.8 Å². The third-order valence-electron chi connectivity index (χ3n) is 4.01. The highest BCUT2D eigenvalue weighted by Gasteiger charge is 2.35. The van der Waals surface area contributed by atoms with Gasteiger partial charge in [-0.3, -0.25) is 4.79 Å². The Morgan fingerprint density at radius 1 is 1.47 bits per heavy atom. The first kappa shape index (κ1) is 12.5. The second-order valence-electron chi connectivity index (χ2n) is 5.13. The molecule has 2 aromatic rings. The largest absolute Gasteiger partial charge is 0.463 e. The van der Waals surface area contributed by atoms with E-state index < -0.39 is 0 Å². The maximum Gasteiger partial charge on any atom is 0.258 e. The molecule has 19 heavy (non-hydrogen) atoms. The van der Waals surface area contributed by atoms with Crippen molar-refractivity contribution in [2.24, 2.45) is 5.92 Å². The number of carbonyl (C=O) groups is 1. The summed E-state index contributed by atoms with van der Waals surface area (Å²) in [5.41, 5.74) is 1.39. The number of nitrogens with zero attached hydrogens (tertiary/aromatic N) is 1. The van der Waals surface area contributed by atoms with Crippen LogP contribution in [0.25, 0.3) is 11.0 Å². The summed E-state index contributed by atoms with van der Waals surface area (Å²) in [4.78, 5) is 14.5. The number of hydrogen-bond acceptors (Lipinski definition) is 2. The minimum Gasteiger partial charge on any atom is -0.463 e. The van der Waals surface area contributed by atoms with Crippen LogP contribution in [0.2, 0.25) is 0 Å². The summed E-state index contributed by atoms with van der Waals surface area (Å²) in [6.45, 7) is 2.92. The summed E-state index contributed by atoms with van der Waals surface area (Å²) in [5.74, 6) is 0.974. The molecule has 1 fully saturated rings. The number of alkyl halides is 1. The van der Waals surface area contributed by atoms with E-state index in [4.69, 9.17) is 16.0 Å². The lowest BCUT2D eigenvalue weighted by atomic mass is 10.0. The van der Waals surface area contributed by atoms with Crippen molar-refractivity contribution in [3.63, 3.8) is 0 Å². The maximum atomic E-state index is 12.6. The Balaban J connectivity index is 1.96. The third kappa shape index (κ3) is 2.02. The number of amides is 1. The van der Waals surface area contributed by atoms with E-state index in [1.54, 1.807) is 6.26 Å². The van der Waals surface area contributed by atoms with Crippen molar-refractivity contribution in [2.45, 2.75) is 19.4 Å². The van der Waals surface area contributed by atoms with Gasteiger partial charge >= 0.3 is 0 Å². The van der Waals surface area contributed by atoms with E-state index in [0.29, 0.717) is 17.4 Å². The van der Waals surface area contributed by atoms with Crippen molar-refractivity contribution < 1.29 is 9.21 Å². The zero-order valence-electron chi connectivity index (χ0n) is 10.8. The summed E-state index contributed by atoms with van der Waals surface area (Å²) in [6.07, 6.45) is 2.57. The minimum atomic E-state index is 0.0277. The summed E-state index contributed by atoms with van der Waals surface area (Å²) < 4.78 is 5.44. The Kier molecular flexibility index (Phi) is 3.23. The fourth-order valence-electron chi connectivity index (χ4n) is 2.79. The molecule has 1 aromatic heterocycles. The van der Waals surface area contributed by atoms with Crippen LogP contribution in [0.5, 0.6) is 0 Å². The molecule has 0 radical (unpaired) electrons. The van der Waals surface area contributed by atoms with Crippen LogP contribution in [0, 0.1) is 5.92 Å². The van der Waals surface area contributed by atoms with Crippen LogP contribution in [0.3, 0.4) is 0 Å². The SMILES string of the molecule is CC1CCN(C(=O)c2coc3ccccc23)C1CCl. The van der Waals surface area contributed by atoms with Crippen LogP contribution in [0.4, 0.5) is 0 Å². The molecule has 3 rings (SSSR count). The van der Waals surface area contributed by atoms with Gasteiger partial charge in [0.25, 0.3) is 5.91 Å². The molecule has 2 heterocycles. The number of hydrogen-bond donors (Lipinski definition) is 0. The van der Waals surface area contributed by atoms with Crippen LogP contribution in [0.15, 0.2) is 34.9 Å². The molecule has 1 aromatic carbocycles. The van der Waals surface area contributed by atoms with Gasteiger partial charge in [0.2, 0.25) is 0 Å². The van der Waals surface area contributed by atoms with Crippen LogP contribution in [-0.2, 0) is 0 Å². The predicted octanol–water partition coefficient (Wildman–Crippen LogP) is 3.52. The number of fused-ring (bicyclic) bond motifs is 1. The van der Waals surface area contributed by atoms with Gasteiger partial charge in [0, 0.05) is 23.9 Å². The number of furan rings is 1. The van der Waals surface area contributed by atoms with Gasteiger partial charge in [-0.1, -0.05) is 25.1 Å². The molecular weight excluding hydrogens is 262 g/mol. The molecular formula is C15H16ClNO2. The molecule has 2 unspecified atom stereocenters. The molecule has 1 amide bonds. The van der Waals surface area contributed by atoms with Crippen LogP contribution >= 0.6 is 11.6 Å². The van der Waals surface area contributed by atoms with Crippen molar-refractivity contribution in [2.75, 3.05) is 12.4 Å². The van der Waals surface area contributed by atoms with E-state index in [-0.39, 0.29) is 11.9 Å². The number of rotatable bonds is 2. The van der Waals surface area contributed by atoms with Crippen molar-refractivity contribution in [3.05, 3.63) is 36.1 Å². The quantitative estimate of drug-likeness (QED) is 0.787. The number of likely N-dealkylation sites (tertiary alicyclic amines) is 1. The number of halogens is 1. The number of para-hydroxylation sites is 1. The topological polar surface area (TPSA) is 33.5 Å². The first-order valence-corrected chi connectivity index (χ1v) is 7.09. The van der Waals surface area contributed by atoms with E-state index in [0.717, 1.165) is 23.9 Å². The third-order valence-corrected chi connectivity index (χ3v) is 4.33. The van der Waals surface area contributed by atoms with Gasteiger partial charge in [-0.2, -0.15) is 0 Å². The molecule has 2 atom stereocenters. The fraction of sp³-hybridized carbons (Fsp3) is 0.400. The molecule has 3 nitrogen and oxygen atoms in total. The van der Waals surface area contributed by atoms with Crippen molar-refractivity contribution >= 4 is 28.5 Å². The van der Waals surface area contributed by atoms with Gasteiger partial charge in [0.15, 0.2) is 0 Å². The van der Waals surface area contributed by atoms with Crippen molar-refractivity contribution in [1.82, 2.24) is 4.90 Å². The standard InChI is InChI=1S/C15H16ClNO2/c1-10-6-7-17(13(10)8-16)15(18)12-9-19-14-5-3-2-4-11(12)14/h2-5,9-10,13H,6-8H2,1H3. The maximum absolute atomic E-state index is 12.6. The molecule has 100 valence electrons. The number of carbonyl (C=O) groups excluding carboxylic acids is 1. The molecule has 1 saturated heterocycles. The highest BCUT2D eigenvalue weighted by Crippen LogP contribution is 2.29. The van der Waals surface area contributed by atoms with Crippen LogP contribution in [-0.4, -0.2) is 29.3 Å². The zero-order valence-corrected chi connectivity index (χ0v) is 11.6. The predicted molar refractivity (Wildman–Crippen MR) is 75.5 cm³/mol. The Hall–Kier alpha value is -1.48. The van der Waals surface area contributed by atoms with E-state index >= 15 is 0 Å². The minimum absolute atomic E-state index is 0.0277. The number of benzene rings is 1. The first-order valence-electron chi connectivity index (χ1n) is 6.55.